The van der Waals surface area contributed by atoms with E-state index in [1.807, 2.05) is 24.3 Å². The summed E-state index contributed by atoms with van der Waals surface area (Å²) in [6.07, 6.45) is 0. The lowest BCUT2D eigenvalue weighted by molar-refractivity contribution is -0.119. The zero-order valence-electron chi connectivity index (χ0n) is 14.3. The molecule has 134 valence electrons. The lowest BCUT2D eigenvalue weighted by atomic mass is 10.1. The van der Waals surface area contributed by atoms with E-state index in [-0.39, 0.29) is 0 Å². The molecule has 0 bridgehead atoms. The van der Waals surface area contributed by atoms with Gasteiger partial charge in [0.1, 0.15) is 11.0 Å². The fourth-order valence-corrected chi connectivity index (χ4v) is 3.33. The van der Waals surface area contributed by atoms with Gasteiger partial charge < -0.3 is 10.1 Å². The van der Waals surface area contributed by atoms with Crippen molar-refractivity contribution in [1.82, 2.24) is 13.7 Å². The number of fused-ring (bicyclic) bond motifs is 2. The van der Waals surface area contributed by atoms with Gasteiger partial charge in [-0.05, 0) is 31.2 Å². The summed E-state index contributed by atoms with van der Waals surface area (Å²) in [6, 6.07) is 14.3. The third kappa shape index (κ3) is 3.47. The maximum absolute atomic E-state index is 12.5. The Labute approximate surface area is 158 Å². The summed E-state index contributed by atoms with van der Waals surface area (Å²) in [4.78, 5) is 29.1. The van der Waals surface area contributed by atoms with Gasteiger partial charge in [0, 0.05) is 11.1 Å². The van der Waals surface area contributed by atoms with Crippen LogP contribution in [-0.4, -0.2) is 32.2 Å². The van der Waals surface area contributed by atoms with Crippen LogP contribution in [0.25, 0.3) is 21.9 Å². The maximum Gasteiger partial charge on any atom is 0.339 e. The molecule has 27 heavy (non-hydrogen) atoms. The monoisotopic (exact) mass is 378 g/mol. The van der Waals surface area contributed by atoms with Gasteiger partial charge in [0.2, 0.25) is 0 Å². The van der Waals surface area contributed by atoms with Crippen molar-refractivity contribution in [1.29, 1.82) is 0 Å². The van der Waals surface area contributed by atoms with Crippen LogP contribution in [0.1, 0.15) is 16.1 Å². The van der Waals surface area contributed by atoms with Gasteiger partial charge in [-0.25, -0.2) is 4.79 Å². The number of para-hydroxylation sites is 1. The number of hydrogen-bond acceptors (Lipinski definition) is 7. The number of esters is 1. The lowest BCUT2D eigenvalue weighted by Gasteiger charge is -2.09. The molecule has 4 aromatic rings. The number of rotatable bonds is 4. The van der Waals surface area contributed by atoms with Gasteiger partial charge in [-0.3, -0.25) is 9.78 Å². The Morgan fingerprint density at radius 2 is 1.89 bits per heavy atom. The van der Waals surface area contributed by atoms with Crippen molar-refractivity contribution >= 4 is 51.2 Å². The predicted octanol–water partition coefficient (Wildman–Crippen LogP) is 3.34. The van der Waals surface area contributed by atoms with Crippen molar-refractivity contribution in [3.8, 4) is 0 Å². The Morgan fingerprint density at radius 1 is 1.07 bits per heavy atom. The molecular formula is C19H14N4O3S. The van der Waals surface area contributed by atoms with Gasteiger partial charge in [0.05, 0.1) is 28.5 Å². The standard InChI is InChI=1S/C19H14N4O3S/c1-11-9-13(12-5-2-3-6-14(12)20-11)19(25)26-10-17(24)21-15-7-4-8-16-18(15)23-27-22-16/h2-9H,10H2,1H3,(H,21,24). The molecule has 0 atom stereocenters. The molecule has 4 rings (SSSR count). The van der Waals surface area contributed by atoms with E-state index in [0.29, 0.717) is 38.9 Å². The Morgan fingerprint density at radius 3 is 2.78 bits per heavy atom. The number of amides is 1. The number of ether oxygens (including phenoxy) is 1. The Bertz CT molecular complexity index is 1170. The summed E-state index contributed by atoms with van der Waals surface area (Å²) < 4.78 is 13.5. The number of aromatic nitrogens is 3. The Hall–Kier alpha value is -3.39. The van der Waals surface area contributed by atoms with Gasteiger partial charge in [0.15, 0.2) is 6.61 Å². The second kappa shape index (κ2) is 7.08. The van der Waals surface area contributed by atoms with E-state index in [9.17, 15) is 9.59 Å². The van der Waals surface area contributed by atoms with E-state index in [2.05, 4.69) is 19.0 Å². The largest absolute Gasteiger partial charge is 0.452 e. The molecule has 0 aliphatic carbocycles. The molecule has 2 aromatic heterocycles. The number of carbonyl (C=O) groups excluding carboxylic acids is 2. The average molecular weight is 378 g/mol. The molecule has 7 nitrogen and oxygen atoms in total. The molecule has 0 fully saturated rings. The van der Waals surface area contributed by atoms with E-state index < -0.39 is 18.5 Å². The van der Waals surface area contributed by atoms with Crippen LogP contribution in [0, 0.1) is 6.92 Å². The zero-order valence-corrected chi connectivity index (χ0v) is 15.1. The second-order valence-corrected chi connectivity index (χ2v) is 6.42. The van der Waals surface area contributed by atoms with Crippen LogP contribution >= 0.6 is 11.7 Å². The minimum absolute atomic E-state index is 0.386. The average Bonchev–Trinajstić information content (AvgIpc) is 3.15. The highest BCUT2D eigenvalue weighted by Crippen LogP contribution is 2.21. The van der Waals surface area contributed by atoms with Crippen molar-refractivity contribution in [2.75, 3.05) is 11.9 Å². The Balaban J connectivity index is 1.48. The van der Waals surface area contributed by atoms with Crippen molar-refractivity contribution < 1.29 is 14.3 Å². The first-order valence-electron chi connectivity index (χ1n) is 8.16. The van der Waals surface area contributed by atoms with Gasteiger partial charge in [0.25, 0.3) is 5.91 Å². The SMILES string of the molecule is Cc1cc(C(=O)OCC(=O)Nc2cccc3nsnc23)c2ccccc2n1. The van der Waals surface area contributed by atoms with Crippen LogP contribution in [-0.2, 0) is 9.53 Å². The van der Waals surface area contributed by atoms with Crippen LogP contribution in [0.3, 0.4) is 0 Å². The van der Waals surface area contributed by atoms with Gasteiger partial charge in [-0.2, -0.15) is 8.75 Å². The first-order chi connectivity index (χ1) is 13.1. The molecule has 1 amide bonds. The number of carbonyl (C=O) groups is 2. The summed E-state index contributed by atoms with van der Waals surface area (Å²) >= 11 is 1.07. The molecule has 0 aliphatic heterocycles. The smallest absolute Gasteiger partial charge is 0.339 e. The number of nitrogens with one attached hydrogen (secondary N) is 1. The number of anilines is 1. The maximum atomic E-state index is 12.5. The summed E-state index contributed by atoms with van der Waals surface area (Å²) in [5, 5.41) is 3.39. The number of nitrogens with zero attached hydrogens (tertiary/aromatic N) is 3. The molecule has 1 N–H and O–H groups in total. The summed E-state index contributed by atoms with van der Waals surface area (Å²) in [7, 11) is 0. The normalized spacial score (nSPS) is 10.9. The third-order valence-electron chi connectivity index (χ3n) is 3.96. The molecule has 0 aliphatic rings. The van der Waals surface area contributed by atoms with E-state index in [0.717, 1.165) is 11.7 Å². The highest BCUT2D eigenvalue weighted by atomic mass is 32.1. The van der Waals surface area contributed by atoms with Crippen LogP contribution in [0.4, 0.5) is 5.69 Å². The summed E-state index contributed by atoms with van der Waals surface area (Å²) in [5.41, 5.74) is 3.64. The van der Waals surface area contributed by atoms with E-state index in [4.69, 9.17) is 4.74 Å². The van der Waals surface area contributed by atoms with Crippen LogP contribution in [0.2, 0.25) is 0 Å². The van der Waals surface area contributed by atoms with E-state index in [1.54, 1.807) is 31.2 Å². The van der Waals surface area contributed by atoms with Crippen molar-refractivity contribution in [3.05, 3.63) is 59.8 Å². The third-order valence-corrected chi connectivity index (χ3v) is 4.50. The zero-order chi connectivity index (χ0) is 18.8. The van der Waals surface area contributed by atoms with Crippen molar-refractivity contribution in [2.45, 2.75) is 6.92 Å². The lowest BCUT2D eigenvalue weighted by Crippen LogP contribution is -2.21. The minimum Gasteiger partial charge on any atom is -0.452 e. The van der Waals surface area contributed by atoms with Crippen LogP contribution in [0.5, 0.6) is 0 Å². The van der Waals surface area contributed by atoms with Crippen molar-refractivity contribution in [3.63, 3.8) is 0 Å². The van der Waals surface area contributed by atoms with E-state index in [1.165, 1.54) is 0 Å². The highest BCUT2D eigenvalue weighted by Gasteiger charge is 2.16. The molecule has 0 radical (unpaired) electrons. The molecule has 0 spiro atoms. The predicted molar refractivity (Wildman–Crippen MR) is 103 cm³/mol. The molecule has 2 heterocycles. The fourth-order valence-electron chi connectivity index (χ4n) is 2.78. The molecule has 0 unspecified atom stereocenters. The van der Waals surface area contributed by atoms with Gasteiger partial charge >= 0.3 is 5.97 Å². The Kier molecular flexibility index (Phi) is 4.47. The molecule has 8 heteroatoms. The fraction of sp³-hybridized carbons (Fsp3) is 0.105. The second-order valence-electron chi connectivity index (χ2n) is 5.89. The van der Waals surface area contributed by atoms with Gasteiger partial charge in [-0.1, -0.05) is 24.3 Å². The molecule has 0 saturated heterocycles. The highest BCUT2D eigenvalue weighted by molar-refractivity contribution is 7.00. The van der Waals surface area contributed by atoms with Crippen LogP contribution in [0.15, 0.2) is 48.5 Å². The number of benzene rings is 2. The first kappa shape index (κ1) is 17.0. The van der Waals surface area contributed by atoms with Gasteiger partial charge in [-0.15, -0.1) is 0 Å². The quantitative estimate of drug-likeness (QED) is 0.547. The number of aryl methyl sites for hydroxylation is 1. The molecule has 2 aromatic carbocycles. The number of pyridine rings is 1. The molecule has 0 saturated carbocycles. The van der Waals surface area contributed by atoms with E-state index >= 15 is 0 Å². The first-order valence-corrected chi connectivity index (χ1v) is 8.89. The number of hydrogen-bond donors (Lipinski definition) is 1. The molecular weight excluding hydrogens is 364 g/mol. The van der Waals surface area contributed by atoms with Crippen LogP contribution < -0.4 is 5.32 Å². The van der Waals surface area contributed by atoms with Crippen molar-refractivity contribution in [2.24, 2.45) is 0 Å². The summed E-state index contributed by atoms with van der Waals surface area (Å²) in [6.45, 7) is 1.40. The minimum atomic E-state index is -0.569. The topological polar surface area (TPSA) is 94.1 Å². The summed E-state index contributed by atoms with van der Waals surface area (Å²) in [5.74, 6) is -1.01.